The van der Waals surface area contributed by atoms with E-state index in [9.17, 15) is 4.79 Å². The topological polar surface area (TPSA) is 48.0 Å². The van der Waals surface area contributed by atoms with Gasteiger partial charge in [-0.15, -0.1) is 0 Å². The summed E-state index contributed by atoms with van der Waals surface area (Å²) >= 11 is 6.59. The van der Waals surface area contributed by atoms with Crippen molar-refractivity contribution in [3.63, 3.8) is 0 Å². The van der Waals surface area contributed by atoms with Crippen molar-refractivity contribution in [3.05, 3.63) is 59.0 Å². The second-order valence-electron chi connectivity index (χ2n) is 6.20. The summed E-state index contributed by atoms with van der Waals surface area (Å²) in [4.78, 5) is 14.6. The Kier molecular flexibility index (Phi) is 7.55. The van der Waals surface area contributed by atoms with Gasteiger partial charge < -0.3 is 14.2 Å². The van der Waals surface area contributed by atoms with Gasteiger partial charge in [0.1, 0.15) is 10.1 Å². The molecule has 0 unspecified atom stereocenters. The Bertz CT molecular complexity index is 913. The summed E-state index contributed by atoms with van der Waals surface area (Å²) in [5, 5.41) is 0. The molecule has 0 radical (unpaired) electrons. The number of benzene rings is 2. The first-order valence-electron chi connectivity index (χ1n) is 9.36. The van der Waals surface area contributed by atoms with E-state index in [0.717, 1.165) is 29.2 Å². The first kappa shape index (κ1) is 21.2. The Morgan fingerprint density at radius 3 is 2.55 bits per heavy atom. The number of para-hydroxylation sites is 2. The van der Waals surface area contributed by atoms with Crippen molar-refractivity contribution in [1.29, 1.82) is 0 Å². The van der Waals surface area contributed by atoms with Crippen molar-refractivity contribution in [2.45, 2.75) is 13.3 Å². The lowest BCUT2D eigenvalue weighted by molar-refractivity contribution is -0.121. The van der Waals surface area contributed by atoms with Gasteiger partial charge in [-0.25, -0.2) is 0 Å². The number of rotatable bonds is 9. The molecule has 0 N–H and O–H groups in total. The summed E-state index contributed by atoms with van der Waals surface area (Å²) in [5.41, 5.74) is 0.907. The lowest BCUT2D eigenvalue weighted by atomic mass is 10.2. The van der Waals surface area contributed by atoms with Crippen molar-refractivity contribution in [1.82, 2.24) is 4.90 Å². The standard InChI is InChI=1S/C22H23NO4S2/c1-3-23-21(24)20(29-22(23)28)15-16-8-6-9-17(14-16)26-12-7-13-27-19-11-5-4-10-18(19)25-2/h4-6,8-11,14-15H,3,7,12-13H2,1-2H3/b20-15-. The molecule has 2 aromatic rings. The first-order valence-corrected chi connectivity index (χ1v) is 10.6. The highest BCUT2D eigenvalue weighted by Gasteiger charge is 2.30. The summed E-state index contributed by atoms with van der Waals surface area (Å²) in [6.45, 7) is 3.55. The number of carbonyl (C=O) groups excluding carboxylic acids is 1. The molecule has 29 heavy (non-hydrogen) atoms. The molecule has 0 bridgehead atoms. The molecule has 5 nitrogen and oxygen atoms in total. The molecule has 2 aromatic carbocycles. The first-order chi connectivity index (χ1) is 14.1. The van der Waals surface area contributed by atoms with Crippen LogP contribution in [0.3, 0.4) is 0 Å². The number of ether oxygens (including phenoxy) is 3. The molecule has 0 spiro atoms. The number of carbonyl (C=O) groups is 1. The minimum absolute atomic E-state index is 0.0395. The highest BCUT2D eigenvalue weighted by atomic mass is 32.2. The van der Waals surface area contributed by atoms with Gasteiger partial charge in [0.15, 0.2) is 11.5 Å². The lowest BCUT2D eigenvalue weighted by Crippen LogP contribution is -2.27. The number of nitrogens with zero attached hydrogens (tertiary/aromatic N) is 1. The minimum Gasteiger partial charge on any atom is -0.493 e. The van der Waals surface area contributed by atoms with E-state index < -0.39 is 0 Å². The summed E-state index contributed by atoms with van der Waals surface area (Å²) in [6, 6.07) is 15.2. The minimum atomic E-state index is -0.0395. The molecule has 152 valence electrons. The van der Waals surface area contributed by atoms with E-state index in [1.54, 1.807) is 12.0 Å². The Labute approximate surface area is 180 Å². The van der Waals surface area contributed by atoms with E-state index in [4.69, 9.17) is 26.4 Å². The molecule has 0 aromatic heterocycles. The van der Waals surface area contributed by atoms with Crippen molar-refractivity contribution < 1.29 is 19.0 Å². The number of methoxy groups -OCH3 is 1. The third-order valence-electron chi connectivity index (χ3n) is 4.23. The molecule has 7 heteroatoms. The third-order valence-corrected chi connectivity index (χ3v) is 5.61. The Morgan fingerprint density at radius 1 is 1.07 bits per heavy atom. The van der Waals surface area contributed by atoms with Crippen molar-refractivity contribution in [3.8, 4) is 17.2 Å². The highest BCUT2D eigenvalue weighted by Crippen LogP contribution is 2.32. The molecule has 1 aliphatic rings. The fourth-order valence-electron chi connectivity index (χ4n) is 2.79. The van der Waals surface area contributed by atoms with Crippen LogP contribution in [0.4, 0.5) is 0 Å². The zero-order valence-corrected chi connectivity index (χ0v) is 18.1. The number of thiocarbonyl (C=S) groups is 1. The number of hydrogen-bond acceptors (Lipinski definition) is 6. The van der Waals surface area contributed by atoms with Crippen molar-refractivity contribution >= 4 is 40.3 Å². The molecule has 1 saturated heterocycles. The zero-order valence-electron chi connectivity index (χ0n) is 16.4. The van der Waals surface area contributed by atoms with Crippen molar-refractivity contribution in [2.75, 3.05) is 26.9 Å². The Hall–Kier alpha value is -2.51. The van der Waals surface area contributed by atoms with E-state index in [2.05, 4.69) is 0 Å². The summed E-state index contributed by atoms with van der Waals surface area (Å²) in [5.74, 6) is 2.15. The number of hydrogen-bond donors (Lipinski definition) is 0. The maximum Gasteiger partial charge on any atom is 0.266 e. The van der Waals surface area contributed by atoms with Crippen LogP contribution in [0.25, 0.3) is 6.08 Å². The largest absolute Gasteiger partial charge is 0.493 e. The average molecular weight is 430 g/mol. The van der Waals surface area contributed by atoms with Crippen LogP contribution in [-0.2, 0) is 4.79 Å². The van der Waals surface area contributed by atoms with Gasteiger partial charge in [-0.05, 0) is 42.8 Å². The van der Waals surface area contributed by atoms with Crippen LogP contribution in [0.15, 0.2) is 53.4 Å². The van der Waals surface area contributed by atoms with Crippen LogP contribution in [0.2, 0.25) is 0 Å². The van der Waals surface area contributed by atoms with E-state index in [-0.39, 0.29) is 5.91 Å². The SMILES string of the molecule is CCN1C(=O)/C(=C/c2cccc(OCCCOc3ccccc3OC)c2)SC1=S. The molecular formula is C22H23NO4S2. The quantitative estimate of drug-likeness (QED) is 0.325. The van der Waals surface area contributed by atoms with E-state index in [1.165, 1.54) is 11.8 Å². The van der Waals surface area contributed by atoms with E-state index in [1.807, 2.05) is 61.5 Å². The smallest absolute Gasteiger partial charge is 0.266 e. The lowest BCUT2D eigenvalue weighted by Gasteiger charge is -2.11. The maximum absolute atomic E-state index is 12.3. The van der Waals surface area contributed by atoms with E-state index in [0.29, 0.717) is 29.0 Å². The second-order valence-corrected chi connectivity index (χ2v) is 7.88. The molecule has 1 aliphatic heterocycles. The maximum atomic E-state index is 12.3. The van der Waals surface area contributed by atoms with Gasteiger partial charge >= 0.3 is 0 Å². The molecule has 1 fully saturated rings. The van der Waals surface area contributed by atoms with Gasteiger partial charge in [0.25, 0.3) is 5.91 Å². The molecule has 0 aliphatic carbocycles. The van der Waals surface area contributed by atoms with Crippen LogP contribution in [0.5, 0.6) is 17.2 Å². The van der Waals surface area contributed by atoms with Gasteiger partial charge in [-0.3, -0.25) is 9.69 Å². The molecule has 0 atom stereocenters. The van der Waals surface area contributed by atoms with Crippen LogP contribution in [0, 0.1) is 0 Å². The van der Waals surface area contributed by atoms with Crippen LogP contribution < -0.4 is 14.2 Å². The summed E-state index contributed by atoms with van der Waals surface area (Å²) in [7, 11) is 1.62. The summed E-state index contributed by atoms with van der Waals surface area (Å²) in [6.07, 6.45) is 2.59. The van der Waals surface area contributed by atoms with Gasteiger partial charge in [0, 0.05) is 13.0 Å². The zero-order chi connectivity index (χ0) is 20.6. The van der Waals surface area contributed by atoms with Gasteiger partial charge in [0.2, 0.25) is 0 Å². The van der Waals surface area contributed by atoms with Crippen molar-refractivity contribution in [2.24, 2.45) is 0 Å². The predicted molar refractivity (Wildman–Crippen MR) is 121 cm³/mol. The molecule has 1 amide bonds. The molecule has 3 rings (SSSR count). The number of likely N-dealkylation sites (N-methyl/N-ethyl adjacent to an activating group) is 1. The highest BCUT2D eigenvalue weighted by molar-refractivity contribution is 8.26. The van der Waals surface area contributed by atoms with Gasteiger partial charge in [-0.2, -0.15) is 0 Å². The molecule has 0 saturated carbocycles. The summed E-state index contributed by atoms with van der Waals surface area (Å²) < 4.78 is 17.4. The Morgan fingerprint density at radius 2 is 1.83 bits per heavy atom. The van der Waals surface area contributed by atoms with Gasteiger partial charge in [-0.1, -0.05) is 48.2 Å². The predicted octanol–water partition coefficient (Wildman–Crippen LogP) is 4.76. The van der Waals surface area contributed by atoms with Crippen LogP contribution in [0.1, 0.15) is 18.9 Å². The number of amides is 1. The normalized spacial score (nSPS) is 15.1. The third kappa shape index (κ3) is 5.52. The Balaban J connectivity index is 1.51. The second kappa shape index (κ2) is 10.3. The molecular weight excluding hydrogens is 406 g/mol. The molecule has 1 heterocycles. The van der Waals surface area contributed by atoms with Crippen LogP contribution in [-0.4, -0.2) is 42.0 Å². The van der Waals surface area contributed by atoms with E-state index >= 15 is 0 Å². The number of thioether (sulfide) groups is 1. The fraction of sp³-hybridized carbons (Fsp3) is 0.273. The average Bonchev–Trinajstić information content (AvgIpc) is 3.00. The monoisotopic (exact) mass is 429 g/mol. The van der Waals surface area contributed by atoms with Crippen LogP contribution >= 0.6 is 24.0 Å². The fourth-order valence-corrected chi connectivity index (χ4v) is 4.17. The van der Waals surface area contributed by atoms with Gasteiger partial charge in [0.05, 0.1) is 25.2 Å².